The zero-order chi connectivity index (χ0) is 6.57. The Morgan fingerprint density at radius 1 is 1.62 bits per heavy atom. The van der Waals surface area contributed by atoms with E-state index in [0.29, 0.717) is 0 Å². The van der Waals surface area contributed by atoms with Gasteiger partial charge in [0.2, 0.25) is 5.91 Å². The minimum absolute atomic E-state index is 0.0486. The number of amides is 1. The molecule has 0 atom stereocenters. The van der Waals surface area contributed by atoms with Crippen LogP contribution in [0, 0.1) is 5.92 Å². The molecule has 0 aliphatic carbocycles. The summed E-state index contributed by atoms with van der Waals surface area (Å²) in [6.07, 6.45) is 0.833. The molecule has 2 nitrogen and oxygen atoms in total. The van der Waals surface area contributed by atoms with Crippen LogP contribution in [0.4, 0.5) is 0 Å². The van der Waals surface area contributed by atoms with Crippen LogP contribution in [-0.2, 0) is 4.79 Å². The molecule has 0 rings (SSSR count). The minimum Gasteiger partial charge on any atom is -0.359 e. The monoisotopic (exact) mass is 114 g/mol. The lowest BCUT2D eigenvalue weighted by Gasteiger charge is -2.02. The standard InChI is InChI=1S/C6H12NO/c1-4-5(2)6(8)7-3/h4H2,1-3H3,(H,7,8). The summed E-state index contributed by atoms with van der Waals surface area (Å²) in [5.74, 6) is 0.931. The van der Waals surface area contributed by atoms with Gasteiger partial charge in [-0.1, -0.05) is 6.92 Å². The molecular formula is C6H12NO. The van der Waals surface area contributed by atoms with Crippen molar-refractivity contribution in [1.29, 1.82) is 0 Å². The second-order valence-electron chi connectivity index (χ2n) is 1.71. The van der Waals surface area contributed by atoms with Crippen molar-refractivity contribution in [3.63, 3.8) is 0 Å². The Morgan fingerprint density at radius 3 is 2.25 bits per heavy atom. The van der Waals surface area contributed by atoms with Crippen molar-refractivity contribution in [1.82, 2.24) is 5.32 Å². The summed E-state index contributed by atoms with van der Waals surface area (Å²) in [5, 5.41) is 2.54. The number of nitrogens with one attached hydrogen (secondary N) is 1. The van der Waals surface area contributed by atoms with Gasteiger partial charge >= 0.3 is 0 Å². The second-order valence-corrected chi connectivity index (χ2v) is 1.71. The maximum Gasteiger partial charge on any atom is 0.226 e. The van der Waals surface area contributed by atoms with Crippen LogP contribution in [0.15, 0.2) is 0 Å². The fourth-order valence-corrected chi connectivity index (χ4v) is 0.374. The van der Waals surface area contributed by atoms with Crippen LogP contribution in [0.25, 0.3) is 0 Å². The first-order chi connectivity index (χ1) is 3.72. The first kappa shape index (κ1) is 7.47. The lowest BCUT2D eigenvalue weighted by molar-refractivity contribution is -0.118. The highest BCUT2D eigenvalue weighted by atomic mass is 16.1. The Kier molecular flexibility index (Phi) is 3.24. The number of hydrogen-bond donors (Lipinski definition) is 1. The Labute approximate surface area is 50.3 Å². The van der Waals surface area contributed by atoms with Gasteiger partial charge in [0.25, 0.3) is 0 Å². The predicted octanol–water partition coefficient (Wildman–Crippen LogP) is 0.737. The topological polar surface area (TPSA) is 29.1 Å². The summed E-state index contributed by atoms with van der Waals surface area (Å²) < 4.78 is 0. The van der Waals surface area contributed by atoms with Crippen molar-refractivity contribution < 1.29 is 4.79 Å². The van der Waals surface area contributed by atoms with Crippen LogP contribution in [0.5, 0.6) is 0 Å². The summed E-state index contributed by atoms with van der Waals surface area (Å²) in [6, 6.07) is 0. The first-order valence-corrected chi connectivity index (χ1v) is 2.76. The normalized spacial score (nSPS) is 9.50. The summed E-state index contributed by atoms with van der Waals surface area (Å²) in [5.41, 5.74) is 0. The van der Waals surface area contributed by atoms with Crippen LogP contribution in [-0.4, -0.2) is 13.0 Å². The van der Waals surface area contributed by atoms with E-state index in [4.69, 9.17) is 0 Å². The summed E-state index contributed by atoms with van der Waals surface area (Å²) in [6.45, 7) is 3.80. The molecular weight excluding hydrogens is 102 g/mol. The Morgan fingerprint density at radius 2 is 2.12 bits per heavy atom. The van der Waals surface area contributed by atoms with E-state index in [9.17, 15) is 4.79 Å². The molecule has 0 saturated carbocycles. The molecule has 0 aromatic carbocycles. The van der Waals surface area contributed by atoms with Gasteiger partial charge in [-0.05, 0) is 13.3 Å². The van der Waals surface area contributed by atoms with E-state index in [0.717, 1.165) is 12.3 Å². The smallest absolute Gasteiger partial charge is 0.226 e. The lowest BCUT2D eigenvalue weighted by Crippen LogP contribution is -2.23. The molecule has 0 spiro atoms. The van der Waals surface area contributed by atoms with E-state index in [1.807, 2.05) is 13.8 Å². The highest BCUT2D eigenvalue weighted by molar-refractivity contribution is 5.88. The van der Waals surface area contributed by atoms with Crippen LogP contribution in [0.3, 0.4) is 0 Å². The zero-order valence-corrected chi connectivity index (χ0v) is 5.62. The fraction of sp³-hybridized carbons (Fsp3) is 0.667. The largest absolute Gasteiger partial charge is 0.359 e. The zero-order valence-electron chi connectivity index (χ0n) is 5.62. The maximum absolute atomic E-state index is 10.6. The van der Waals surface area contributed by atoms with E-state index in [1.165, 1.54) is 0 Å². The van der Waals surface area contributed by atoms with E-state index in [2.05, 4.69) is 5.32 Å². The first-order valence-electron chi connectivity index (χ1n) is 2.76. The summed E-state index contributed by atoms with van der Waals surface area (Å²) in [7, 11) is 1.64. The highest BCUT2D eigenvalue weighted by Crippen LogP contribution is 2.00. The molecule has 0 aromatic rings. The van der Waals surface area contributed by atoms with Gasteiger partial charge < -0.3 is 5.32 Å². The predicted molar refractivity (Wildman–Crippen MR) is 33.3 cm³/mol. The third-order valence-corrected chi connectivity index (χ3v) is 1.15. The molecule has 0 aliphatic rings. The van der Waals surface area contributed by atoms with Crippen LogP contribution in [0.1, 0.15) is 20.3 Å². The molecule has 0 saturated heterocycles. The van der Waals surface area contributed by atoms with Crippen molar-refractivity contribution in [2.45, 2.75) is 20.3 Å². The molecule has 0 fully saturated rings. The van der Waals surface area contributed by atoms with Gasteiger partial charge in [0.05, 0.1) is 5.92 Å². The number of hydrogen-bond acceptors (Lipinski definition) is 1. The van der Waals surface area contributed by atoms with E-state index < -0.39 is 0 Å². The second kappa shape index (κ2) is 3.47. The van der Waals surface area contributed by atoms with Crippen molar-refractivity contribution in [2.75, 3.05) is 7.05 Å². The Balaban J connectivity index is 3.46. The average Bonchev–Trinajstić information content (AvgIpc) is 1.84. The summed E-state index contributed by atoms with van der Waals surface area (Å²) in [4.78, 5) is 10.6. The number of rotatable bonds is 2. The third-order valence-electron chi connectivity index (χ3n) is 1.15. The van der Waals surface area contributed by atoms with Gasteiger partial charge in [0.15, 0.2) is 0 Å². The van der Waals surface area contributed by atoms with Gasteiger partial charge in [-0.3, -0.25) is 4.79 Å². The molecule has 1 radical (unpaired) electrons. The highest BCUT2D eigenvalue weighted by Gasteiger charge is 2.06. The average molecular weight is 114 g/mol. The van der Waals surface area contributed by atoms with Crippen molar-refractivity contribution in [3.8, 4) is 0 Å². The molecule has 1 amide bonds. The molecule has 1 N–H and O–H groups in total. The van der Waals surface area contributed by atoms with Gasteiger partial charge in [0, 0.05) is 7.05 Å². The number of carbonyl (C=O) groups excluding carboxylic acids is 1. The maximum atomic E-state index is 10.6. The van der Waals surface area contributed by atoms with E-state index >= 15 is 0 Å². The quantitative estimate of drug-likeness (QED) is 0.563. The molecule has 2 heteroatoms. The molecule has 8 heavy (non-hydrogen) atoms. The van der Waals surface area contributed by atoms with Crippen LogP contribution >= 0.6 is 0 Å². The Hall–Kier alpha value is -0.530. The van der Waals surface area contributed by atoms with E-state index in [1.54, 1.807) is 7.05 Å². The van der Waals surface area contributed by atoms with Gasteiger partial charge in [0.1, 0.15) is 0 Å². The Bertz CT molecular complexity index is 80.6. The lowest BCUT2D eigenvalue weighted by atomic mass is 10.1. The summed E-state index contributed by atoms with van der Waals surface area (Å²) >= 11 is 0. The number of carbonyl (C=O) groups is 1. The molecule has 0 heterocycles. The van der Waals surface area contributed by atoms with Gasteiger partial charge in [-0.25, -0.2) is 0 Å². The van der Waals surface area contributed by atoms with Gasteiger partial charge in [-0.15, -0.1) is 0 Å². The van der Waals surface area contributed by atoms with E-state index in [-0.39, 0.29) is 5.91 Å². The van der Waals surface area contributed by atoms with Crippen molar-refractivity contribution in [2.24, 2.45) is 0 Å². The molecule has 0 bridgehead atoms. The molecule has 47 valence electrons. The third kappa shape index (κ3) is 1.96. The van der Waals surface area contributed by atoms with Crippen LogP contribution < -0.4 is 5.32 Å². The van der Waals surface area contributed by atoms with Crippen LogP contribution in [0.2, 0.25) is 0 Å². The fourth-order valence-electron chi connectivity index (χ4n) is 0.374. The molecule has 0 unspecified atom stereocenters. The van der Waals surface area contributed by atoms with Crippen molar-refractivity contribution in [3.05, 3.63) is 5.92 Å². The minimum atomic E-state index is 0.0486. The molecule has 0 aromatic heterocycles. The van der Waals surface area contributed by atoms with Crippen molar-refractivity contribution >= 4 is 5.91 Å². The SMILES string of the molecule is CC[C](C)C(=O)NC. The molecule has 0 aliphatic heterocycles. The van der Waals surface area contributed by atoms with Gasteiger partial charge in [-0.2, -0.15) is 0 Å².